The molecule has 2 bridgehead atoms. The van der Waals surface area contributed by atoms with Crippen LogP contribution in [0, 0.1) is 6.92 Å². The fourth-order valence-electron chi connectivity index (χ4n) is 1.94. The molecule has 2 N–H and O–H groups in total. The van der Waals surface area contributed by atoms with E-state index in [0.29, 0.717) is 6.44 Å². The molecule has 0 spiro atoms. The van der Waals surface area contributed by atoms with Crippen molar-refractivity contribution < 1.29 is 9.31 Å². The molecule has 13 heavy (non-hydrogen) atoms. The number of hydrogen-bond donors (Lipinski definition) is 1. The summed E-state index contributed by atoms with van der Waals surface area (Å²) >= 11 is 0. The Kier molecular flexibility index (Phi) is 1.23. The van der Waals surface area contributed by atoms with Crippen molar-refractivity contribution in [1.82, 2.24) is 0 Å². The van der Waals surface area contributed by atoms with Crippen LogP contribution in [0.2, 0.25) is 0 Å². The predicted octanol–water partition coefficient (Wildman–Crippen LogP) is 0.657. The Hall–Kier alpha value is -1.16. The van der Waals surface area contributed by atoms with E-state index in [0.717, 1.165) is 17.9 Å². The Bertz CT molecular complexity index is 392. The van der Waals surface area contributed by atoms with Gasteiger partial charge in [0.05, 0.1) is 6.44 Å². The topological polar surface area (TPSA) is 44.5 Å². The van der Waals surface area contributed by atoms with Gasteiger partial charge in [0.25, 0.3) is 0 Å². The van der Waals surface area contributed by atoms with Crippen LogP contribution < -0.4 is 15.0 Å². The van der Waals surface area contributed by atoms with Gasteiger partial charge in [0.1, 0.15) is 11.5 Å². The summed E-state index contributed by atoms with van der Waals surface area (Å²) in [5.41, 5.74) is 9.48. The molecule has 0 radical (unpaired) electrons. The minimum atomic E-state index is -0.276. The van der Waals surface area contributed by atoms with E-state index in [2.05, 4.69) is 13.0 Å². The molecule has 1 heterocycles. The molecule has 4 rings (SSSR count). The first kappa shape index (κ1) is 7.27. The molecule has 0 fully saturated rings. The van der Waals surface area contributed by atoms with E-state index in [9.17, 15) is 0 Å². The van der Waals surface area contributed by atoms with Gasteiger partial charge in [-0.05, 0) is 24.1 Å². The summed E-state index contributed by atoms with van der Waals surface area (Å²) in [6.07, 6.45) is 1.44. The average molecular weight is 175 g/mol. The summed E-state index contributed by atoms with van der Waals surface area (Å²) < 4.78 is 11.1. The van der Waals surface area contributed by atoms with E-state index < -0.39 is 0 Å². The number of nitrogens with two attached hydrogens (primary N) is 1. The number of rotatable bonds is 1. The van der Waals surface area contributed by atoms with Crippen molar-refractivity contribution in [1.29, 1.82) is 0 Å². The van der Waals surface area contributed by atoms with Gasteiger partial charge in [0.2, 0.25) is 0 Å². The van der Waals surface area contributed by atoms with Gasteiger partial charge >= 0.3 is 7.12 Å². The van der Waals surface area contributed by atoms with Crippen LogP contribution in [0.25, 0.3) is 0 Å². The van der Waals surface area contributed by atoms with Crippen molar-refractivity contribution in [2.24, 2.45) is 5.73 Å². The van der Waals surface area contributed by atoms with Gasteiger partial charge < -0.3 is 15.0 Å². The minimum Gasteiger partial charge on any atom is -0.522 e. The number of hydrogen-bond acceptors (Lipinski definition) is 3. The quantitative estimate of drug-likeness (QED) is 0.647. The van der Waals surface area contributed by atoms with Crippen LogP contribution in [0.5, 0.6) is 11.5 Å². The normalized spacial score (nSPS) is 16.0. The summed E-state index contributed by atoms with van der Waals surface area (Å²) in [7, 11) is -0.276. The zero-order chi connectivity index (χ0) is 9.00. The smallest absolute Gasteiger partial charge is 0.522 e. The second-order valence-electron chi connectivity index (χ2n) is 3.54. The summed E-state index contributed by atoms with van der Waals surface area (Å²) in [5.74, 6) is 1.79. The molecule has 0 saturated carbocycles. The molecular formula is C9H10BNO2. The Morgan fingerprint density at radius 1 is 1.54 bits per heavy atom. The zero-order valence-corrected chi connectivity index (χ0v) is 7.46. The van der Waals surface area contributed by atoms with Crippen LogP contribution in [-0.4, -0.2) is 13.6 Å². The maximum Gasteiger partial charge on any atom is 0.609 e. The average Bonchev–Trinajstić information content (AvgIpc) is 2.58. The predicted molar refractivity (Wildman–Crippen MR) is 50.0 cm³/mol. The van der Waals surface area contributed by atoms with E-state index in [1.165, 1.54) is 16.7 Å². The van der Waals surface area contributed by atoms with E-state index in [-0.39, 0.29) is 7.12 Å². The monoisotopic (exact) mass is 175 g/mol. The van der Waals surface area contributed by atoms with Crippen molar-refractivity contribution in [2.45, 2.75) is 13.3 Å². The van der Waals surface area contributed by atoms with E-state index in [1.807, 2.05) is 0 Å². The SMILES string of the molecule is Cc1c2cc3c(c1C2)OB(CN)O3. The van der Waals surface area contributed by atoms with Crippen molar-refractivity contribution in [3.63, 3.8) is 0 Å². The summed E-state index contributed by atoms with van der Waals surface area (Å²) in [6, 6.07) is 2.06. The molecular weight excluding hydrogens is 165 g/mol. The molecule has 66 valence electrons. The van der Waals surface area contributed by atoms with Crippen molar-refractivity contribution in [3.05, 3.63) is 22.8 Å². The summed E-state index contributed by atoms with van der Waals surface area (Å²) in [5, 5.41) is 0. The highest BCUT2D eigenvalue weighted by Gasteiger charge is 2.36. The highest BCUT2D eigenvalue weighted by Crippen LogP contribution is 2.47. The van der Waals surface area contributed by atoms with Gasteiger partial charge in [-0.3, -0.25) is 0 Å². The highest BCUT2D eigenvalue weighted by molar-refractivity contribution is 6.47. The van der Waals surface area contributed by atoms with Crippen LogP contribution >= 0.6 is 0 Å². The van der Waals surface area contributed by atoms with Crippen molar-refractivity contribution >= 4 is 7.12 Å². The van der Waals surface area contributed by atoms with Gasteiger partial charge in [0.15, 0.2) is 0 Å². The fraction of sp³-hybridized carbons (Fsp3) is 0.333. The summed E-state index contributed by atoms with van der Waals surface area (Å²) in [6.45, 7) is 2.12. The molecule has 1 aromatic rings. The van der Waals surface area contributed by atoms with Gasteiger partial charge in [0, 0.05) is 12.0 Å². The van der Waals surface area contributed by atoms with Crippen molar-refractivity contribution in [2.75, 3.05) is 6.44 Å². The number of aryl methyl sites for hydroxylation is 1. The van der Waals surface area contributed by atoms with Crippen LogP contribution in [-0.2, 0) is 6.42 Å². The van der Waals surface area contributed by atoms with Crippen LogP contribution in [0.4, 0.5) is 0 Å². The zero-order valence-electron chi connectivity index (χ0n) is 7.46. The van der Waals surface area contributed by atoms with Gasteiger partial charge in [-0.1, -0.05) is 0 Å². The van der Waals surface area contributed by atoms with Gasteiger partial charge in [-0.15, -0.1) is 0 Å². The van der Waals surface area contributed by atoms with Crippen LogP contribution in [0.1, 0.15) is 16.7 Å². The van der Waals surface area contributed by atoms with Gasteiger partial charge in [-0.25, -0.2) is 0 Å². The molecule has 4 heteroatoms. The molecule has 0 aromatic heterocycles. The van der Waals surface area contributed by atoms with E-state index >= 15 is 0 Å². The lowest BCUT2D eigenvalue weighted by Crippen LogP contribution is -2.34. The largest absolute Gasteiger partial charge is 0.609 e. The van der Waals surface area contributed by atoms with E-state index in [4.69, 9.17) is 15.0 Å². The van der Waals surface area contributed by atoms with Gasteiger partial charge in [-0.2, -0.15) is 0 Å². The third-order valence-electron chi connectivity index (χ3n) is 2.80. The number of benzene rings is 1. The molecule has 1 aromatic carbocycles. The standard InChI is InChI=1S/C9H10BNO2/c1-5-6-2-7(5)9-8(3-6)12-10(4-11)13-9/h3H,2,4,11H2,1H3. The second-order valence-corrected chi connectivity index (χ2v) is 3.54. The lowest BCUT2D eigenvalue weighted by Gasteiger charge is -2.23. The molecule has 0 unspecified atom stereocenters. The Morgan fingerprint density at radius 2 is 2.38 bits per heavy atom. The Balaban J connectivity index is 2.08. The molecule has 3 aliphatic rings. The molecule has 0 saturated heterocycles. The second kappa shape index (κ2) is 2.20. The first-order valence-corrected chi connectivity index (χ1v) is 4.48. The lowest BCUT2D eigenvalue weighted by molar-refractivity contribution is 0.498. The van der Waals surface area contributed by atoms with Crippen molar-refractivity contribution in [3.8, 4) is 11.5 Å². The maximum absolute atomic E-state index is 5.57. The molecule has 0 amide bonds. The van der Waals surface area contributed by atoms with Crippen LogP contribution in [0.3, 0.4) is 0 Å². The molecule has 0 atom stereocenters. The maximum atomic E-state index is 5.57. The first-order valence-electron chi connectivity index (χ1n) is 4.48. The Morgan fingerprint density at radius 3 is 3.08 bits per heavy atom. The van der Waals surface area contributed by atoms with Crippen LogP contribution in [0.15, 0.2) is 6.07 Å². The summed E-state index contributed by atoms with van der Waals surface area (Å²) in [4.78, 5) is 0. The lowest BCUT2D eigenvalue weighted by atomic mass is 9.84. The Labute approximate surface area is 77.0 Å². The third kappa shape index (κ3) is 0.786. The molecule has 1 aliphatic heterocycles. The first-order chi connectivity index (χ1) is 6.29. The highest BCUT2D eigenvalue weighted by atomic mass is 16.6. The molecule has 2 aliphatic carbocycles. The molecule has 3 nitrogen and oxygen atoms in total. The fourth-order valence-corrected chi connectivity index (χ4v) is 1.94. The third-order valence-corrected chi connectivity index (χ3v) is 2.80. The minimum absolute atomic E-state index is 0.276. The van der Waals surface area contributed by atoms with E-state index in [1.54, 1.807) is 0 Å².